The molecule has 0 spiro atoms. The maximum absolute atomic E-state index is 10.9. The van der Waals surface area contributed by atoms with E-state index in [-0.39, 0.29) is 5.76 Å². The fourth-order valence-electron chi connectivity index (χ4n) is 5.11. The molecule has 1 N–H and O–H groups in total. The monoisotopic (exact) mass is 246 g/mol. The van der Waals surface area contributed by atoms with Crippen molar-refractivity contribution < 1.29 is 14.3 Å². The second-order valence-corrected chi connectivity index (χ2v) is 6.51. The molecule has 4 aliphatic rings. The van der Waals surface area contributed by atoms with Crippen molar-refractivity contribution in [2.75, 3.05) is 0 Å². The summed E-state index contributed by atoms with van der Waals surface area (Å²) < 4.78 is 5.18. The van der Waals surface area contributed by atoms with Crippen LogP contribution in [0.2, 0.25) is 0 Å². The minimum Gasteiger partial charge on any atom is -0.475 e. The predicted octanol–water partition coefficient (Wildman–Crippen LogP) is 3.52. The Balaban J connectivity index is 1.66. The Labute approximate surface area is 106 Å². The van der Waals surface area contributed by atoms with Crippen molar-refractivity contribution in [3.63, 3.8) is 0 Å². The molecule has 3 heteroatoms. The number of hydrogen-bond donors (Lipinski definition) is 1. The Morgan fingerprint density at radius 3 is 2.22 bits per heavy atom. The van der Waals surface area contributed by atoms with Gasteiger partial charge >= 0.3 is 5.97 Å². The van der Waals surface area contributed by atoms with Crippen LogP contribution < -0.4 is 0 Å². The lowest BCUT2D eigenvalue weighted by molar-refractivity contribution is -0.00295. The predicted molar refractivity (Wildman–Crippen MR) is 65.5 cm³/mol. The van der Waals surface area contributed by atoms with Crippen LogP contribution in [0.1, 0.15) is 54.1 Å². The van der Waals surface area contributed by atoms with Crippen LogP contribution in [0.4, 0.5) is 0 Å². The number of hydrogen-bond acceptors (Lipinski definition) is 2. The van der Waals surface area contributed by atoms with Gasteiger partial charge in [-0.15, -0.1) is 0 Å². The molecule has 0 aliphatic heterocycles. The van der Waals surface area contributed by atoms with Crippen LogP contribution in [0.5, 0.6) is 0 Å². The molecular formula is C15H18O3. The van der Waals surface area contributed by atoms with Crippen molar-refractivity contribution in [2.45, 2.75) is 38.0 Å². The molecule has 3 nitrogen and oxygen atoms in total. The molecule has 4 aliphatic carbocycles. The summed E-state index contributed by atoms with van der Waals surface area (Å²) in [7, 11) is 0. The molecule has 5 rings (SSSR count). The average molecular weight is 246 g/mol. The molecule has 0 aromatic carbocycles. The van der Waals surface area contributed by atoms with Crippen LogP contribution in [0, 0.1) is 23.7 Å². The zero-order chi connectivity index (χ0) is 12.3. The van der Waals surface area contributed by atoms with E-state index < -0.39 is 5.97 Å². The lowest BCUT2D eigenvalue weighted by Gasteiger charge is -2.54. The van der Waals surface area contributed by atoms with Crippen molar-refractivity contribution in [3.05, 3.63) is 23.7 Å². The van der Waals surface area contributed by atoms with E-state index in [0.717, 1.165) is 29.2 Å². The van der Waals surface area contributed by atoms with E-state index in [1.165, 1.54) is 32.1 Å². The van der Waals surface area contributed by atoms with Crippen molar-refractivity contribution in [2.24, 2.45) is 23.7 Å². The molecule has 96 valence electrons. The number of furan rings is 1. The highest BCUT2D eigenvalue weighted by Gasteiger charge is 2.48. The molecule has 0 amide bonds. The number of carboxylic acids is 1. The first kappa shape index (κ1) is 10.7. The van der Waals surface area contributed by atoms with Gasteiger partial charge in [-0.05, 0) is 73.3 Å². The Morgan fingerprint density at radius 1 is 1.11 bits per heavy atom. The van der Waals surface area contributed by atoms with Gasteiger partial charge in [0.05, 0.1) is 6.26 Å². The second kappa shape index (κ2) is 3.62. The van der Waals surface area contributed by atoms with E-state index in [1.54, 1.807) is 12.3 Å². The summed E-state index contributed by atoms with van der Waals surface area (Å²) in [6, 6.07) is 1.76. The number of rotatable bonds is 2. The molecule has 4 fully saturated rings. The summed E-state index contributed by atoms with van der Waals surface area (Å²) in [5.41, 5.74) is 1.14. The third-order valence-electron chi connectivity index (χ3n) is 5.44. The van der Waals surface area contributed by atoms with Gasteiger partial charge < -0.3 is 9.52 Å². The van der Waals surface area contributed by atoms with Gasteiger partial charge in [-0.25, -0.2) is 4.79 Å². The first-order valence-corrected chi connectivity index (χ1v) is 7.02. The summed E-state index contributed by atoms with van der Waals surface area (Å²) in [4.78, 5) is 10.9. The normalized spacial score (nSPS) is 41.2. The van der Waals surface area contributed by atoms with Gasteiger partial charge in [-0.2, -0.15) is 0 Å². The highest BCUT2D eigenvalue weighted by Crippen LogP contribution is 2.59. The first-order chi connectivity index (χ1) is 8.70. The van der Waals surface area contributed by atoms with Crippen LogP contribution in [0.25, 0.3) is 0 Å². The standard InChI is InChI=1S/C15H18O3/c16-15(17)13-6-12(7-18-13)14-10-2-8-1-9(4-10)5-11(14)3-8/h6-11,14H,1-5H2,(H,16,17). The van der Waals surface area contributed by atoms with E-state index in [1.807, 2.05) is 0 Å². The Hall–Kier alpha value is -1.25. The van der Waals surface area contributed by atoms with Crippen LogP contribution in [-0.4, -0.2) is 11.1 Å². The fraction of sp³-hybridized carbons (Fsp3) is 0.667. The third kappa shape index (κ3) is 1.46. The van der Waals surface area contributed by atoms with Crippen LogP contribution in [0.15, 0.2) is 16.7 Å². The van der Waals surface area contributed by atoms with Gasteiger partial charge in [0.2, 0.25) is 5.76 Å². The smallest absolute Gasteiger partial charge is 0.371 e. The van der Waals surface area contributed by atoms with Crippen LogP contribution in [-0.2, 0) is 0 Å². The molecular weight excluding hydrogens is 228 g/mol. The van der Waals surface area contributed by atoms with Gasteiger partial charge in [-0.3, -0.25) is 0 Å². The van der Waals surface area contributed by atoms with E-state index in [9.17, 15) is 4.79 Å². The minimum absolute atomic E-state index is 0.0961. The van der Waals surface area contributed by atoms with Gasteiger partial charge in [0.1, 0.15) is 0 Å². The molecule has 0 atom stereocenters. The van der Waals surface area contributed by atoms with Gasteiger partial charge in [0.25, 0.3) is 0 Å². The van der Waals surface area contributed by atoms with Crippen LogP contribution in [0.3, 0.4) is 0 Å². The Morgan fingerprint density at radius 2 is 1.72 bits per heavy atom. The third-order valence-corrected chi connectivity index (χ3v) is 5.44. The summed E-state index contributed by atoms with van der Waals surface area (Å²) >= 11 is 0. The number of carbonyl (C=O) groups is 1. The van der Waals surface area contributed by atoms with Crippen molar-refractivity contribution >= 4 is 5.97 Å². The van der Waals surface area contributed by atoms with Crippen molar-refractivity contribution in [1.82, 2.24) is 0 Å². The van der Waals surface area contributed by atoms with Gasteiger partial charge in [-0.1, -0.05) is 0 Å². The van der Waals surface area contributed by atoms with Crippen molar-refractivity contribution in [3.8, 4) is 0 Å². The van der Waals surface area contributed by atoms with Crippen LogP contribution >= 0.6 is 0 Å². The molecule has 18 heavy (non-hydrogen) atoms. The summed E-state index contributed by atoms with van der Waals surface area (Å²) in [6.45, 7) is 0. The maximum atomic E-state index is 10.9. The molecule has 0 radical (unpaired) electrons. The molecule has 1 aromatic rings. The quantitative estimate of drug-likeness (QED) is 0.868. The summed E-state index contributed by atoms with van der Waals surface area (Å²) in [6.07, 6.45) is 8.55. The number of carboxylic acid groups (broad SMARTS) is 1. The summed E-state index contributed by atoms with van der Waals surface area (Å²) in [5, 5.41) is 8.95. The Bertz CT molecular complexity index is 460. The van der Waals surface area contributed by atoms with E-state index >= 15 is 0 Å². The Kier molecular flexibility index (Phi) is 2.14. The van der Waals surface area contributed by atoms with E-state index in [4.69, 9.17) is 9.52 Å². The first-order valence-electron chi connectivity index (χ1n) is 7.02. The average Bonchev–Trinajstić information content (AvgIpc) is 2.77. The molecule has 4 saturated carbocycles. The van der Waals surface area contributed by atoms with Crippen molar-refractivity contribution in [1.29, 1.82) is 0 Å². The summed E-state index contributed by atoms with van der Waals surface area (Å²) in [5.74, 6) is 3.17. The van der Waals surface area contributed by atoms with Gasteiger partial charge in [0, 0.05) is 0 Å². The zero-order valence-corrected chi connectivity index (χ0v) is 10.3. The van der Waals surface area contributed by atoms with E-state index in [2.05, 4.69) is 0 Å². The molecule has 0 saturated heterocycles. The van der Waals surface area contributed by atoms with Gasteiger partial charge in [0.15, 0.2) is 0 Å². The lowest BCUT2D eigenvalue weighted by atomic mass is 9.51. The lowest BCUT2D eigenvalue weighted by Crippen LogP contribution is -2.43. The zero-order valence-electron chi connectivity index (χ0n) is 10.3. The van der Waals surface area contributed by atoms with E-state index in [0.29, 0.717) is 5.92 Å². The molecule has 1 aromatic heterocycles. The highest BCUT2D eigenvalue weighted by atomic mass is 16.4. The molecule has 1 heterocycles. The topological polar surface area (TPSA) is 50.4 Å². The molecule has 0 unspecified atom stereocenters. The minimum atomic E-state index is -0.954. The largest absolute Gasteiger partial charge is 0.475 e. The highest BCUT2D eigenvalue weighted by molar-refractivity contribution is 5.84. The fourth-order valence-corrected chi connectivity index (χ4v) is 5.11. The SMILES string of the molecule is O=C(O)c1cc(C2C3CC4CC(C3)CC2C4)co1. The molecule has 4 bridgehead atoms. The second-order valence-electron chi connectivity index (χ2n) is 6.51. The maximum Gasteiger partial charge on any atom is 0.371 e. The number of aromatic carboxylic acids is 1.